The second-order valence-electron chi connectivity index (χ2n) is 6.70. The van der Waals surface area contributed by atoms with Crippen LogP contribution in [-0.2, 0) is 4.74 Å². The molecule has 4 rings (SSSR count). The molecule has 5 nitrogen and oxygen atoms in total. The molecule has 1 heterocycles. The number of carbonyl (C=O) groups is 2. The summed E-state index contributed by atoms with van der Waals surface area (Å²) < 4.78 is 5.33. The third kappa shape index (κ3) is 3.28. The van der Waals surface area contributed by atoms with E-state index in [-0.39, 0.29) is 11.7 Å². The van der Waals surface area contributed by atoms with E-state index in [1.165, 1.54) is 0 Å². The van der Waals surface area contributed by atoms with Crippen LogP contribution in [-0.4, -0.2) is 56.0 Å². The Balaban J connectivity index is 1.37. The Morgan fingerprint density at radius 1 is 1.00 bits per heavy atom. The summed E-state index contributed by atoms with van der Waals surface area (Å²) in [6.07, 6.45) is 0.904. The van der Waals surface area contributed by atoms with Gasteiger partial charge in [0, 0.05) is 36.3 Å². The standard InChI is InChI=1S/C21H22N2O3/c24-20-18-5-2-1-4-16(18)17-7-6-15(14-19(17)20)21(25)22-8-3-9-23-10-12-26-13-11-23/h1-2,4-7,14H,3,8-13H2,(H,22,25). The van der Waals surface area contributed by atoms with Crippen LogP contribution in [0.25, 0.3) is 11.1 Å². The quantitative estimate of drug-likeness (QED) is 0.718. The van der Waals surface area contributed by atoms with Crippen LogP contribution in [0, 0.1) is 0 Å². The summed E-state index contributed by atoms with van der Waals surface area (Å²) in [5, 5.41) is 2.96. The van der Waals surface area contributed by atoms with E-state index in [4.69, 9.17) is 4.74 Å². The molecule has 2 aliphatic rings. The molecule has 1 amide bonds. The molecule has 0 spiro atoms. The summed E-state index contributed by atoms with van der Waals surface area (Å²) in [6, 6.07) is 13.0. The van der Waals surface area contributed by atoms with Gasteiger partial charge in [-0.15, -0.1) is 0 Å². The van der Waals surface area contributed by atoms with Gasteiger partial charge in [-0.1, -0.05) is 30.3 Å². The van der Waals surface area contributed by atoms with Crippen LogP contribution in [0.2, 0.25) is 0 Å². The Morgan fingerprint density at radius 2 is 1.73 bits per heavy atom. The third-order valence-corrected chi connectivity index (χ3v) is 5.03. The first-order chi connectivity index (χ1) is 12.7. The lowest BCUT2D eigenvalue weighted by Crippen LogP contribution is -2.38. The monoisotopic (exact) mass is 350 g/mol. The van der Waals surface area contributed by atoms with E-state index in [0.717, 1.165) is 50.4 Å². The molecule has 0 bridgehead atoms. The number of fused-ring (bicyclic) bond motifs is 3. The van der Waals surface area contributed by atoms with Crippen LogP contribution in [0.4, 0.5) is 0 Å². The van der Waals surface area contributed by atoms with Gasteiger partial charge >= 0.3 is 0 Å². The number of hydrogen-bond acceptors (Lipinski definition) is 4. The topological polar surface area (TPSA) is 58.6 Å². The second-order valence-corrected chi connectivity index (χ2v) is 6.70. The second kappa shape index (κ2) is 7.40. The molecule has 0 unspecified atom stereocenters. The molecule has 1 N–H and O–H groups in total. The normalized spacial score (nSPS) is 16.2. The Hall–Kier alpha value is -2.50. The number of nitrogens with one attached hydrogen (secondary N) is 1. The SMILES string of the molecule is O=C(NCCCN1CCOCC1)c1ccc2c(c1)C(=O)c1ccccc1-2. The Morgan fingerprint density at radius 3 is 2.54 bits per heavy atom. The molecule has 2 aromatic carbocycles. The van der Waals surface area contributed by atoms with E-state index in [1.807, 2.05) is 30.3 Å². The van der Waals surface area contributed by atoms with E-state index in [2.05, 4.69) is 10.2 Å². The fraction of sp³-hybridized carbons (Fsp3) is 0.333. The van der Waals surface area contributed by atoms with Gasteiger partial charge < -0.3 is 10.1 Å². The van der Waals surface area contributed by atoms with Crippen molar-refractivity contribution in [2.45, 2.75) is 6.42 Å². The van der Waals surface area contributed by atoms with Crippen molar-refractivity contribution in [1.82, 2.24) is 10.2 Å². The zero-order valence-electron chi connectivity index (χ0n) is 14.7. The molecule has 134 valence electrons. The van der Waals surface area contributed by atoms with Crippen molar-refractivity contribution in [3.05, 3.63) is 59.2 Å². The summed E-state index contributed by atoms with van der Waals surface area (Å²) in [5.41, 5.74) is 3.73. The number of ether oxygens (including phenoxy) is 1. The van der Waals surface area contributed by atoms with Crippen LogP contribution in [0.15, 0.2) is 42.5 Å². The minimum Gasteiger partial charge on any atom is -0.379 e. The maximum Gasteiger partial charge on any atom is 0.251 e. The minimum atomic E-state index is -0.126. The largest absolute Gasteiger partial charge is 0.379 e. The van der Waals surface area contributed by atoms with Gasteiger partial charge in [-0.3, -0.25) is 14.5 Å². The molecule has 1 fully saturated rings. The smallest absolute Gasteiger partial charge is 0.251 e. The third-order valence-electron chi connectivity index (χ3n) is 5.03. The summed E-state index contributed by atoms with van der Waals surface area (Å²) in [7, 11) is 0. The number of hydrogen-bond donors (Lipinski definition) is 1. The van der Waals surface area contributed by atoms with E-state index in [9.17, 15) is 9.59 Å². The number of ketones is 1. The van der Waals surface area contributed by atoms with E-state index < -0.39 is 0 Å². The van der Waals surface area contributed by atoms with Crippen molar-refractivity contribution in [2.75, 3.05) is 39.4 Å². The van der Waals surface area contributed by atoms with Crippen LogP contribution in [0.5, 0.6) is 0 Å². The fourth-order valence-electron chi connectivity index (χ4n) is 3.60. The molecule has 0 radical (unpaired) electrons. The number of rotatable bonds is 5. The number of carbonyl (C=O) groups excluding carboxylic acids is 2. The van der Waals surface area contributed by atoms with Gasteiger partial charge in [-0.2, -0.15) is 0 Å². The van der Waals surface area contributed by atoms with Crippen molar-refractivity contribution >= 4 is 11.7 Å². The van der Waals surface area contributed by atoms with E-state index >= 15 is 0 Å². The summed E-state index contributed by atoms with van der Waals surface area (Å²) >= 11 is 0. The lowest BCUT2D eigenvalue weighted by Gasteiger charge is -2.26. The Labute approximate surface area is 153 Å². The zero-order valence-corrected chi connectivity index (χ0v) is 14.7. The van der Waals surface area contributed by atoms with Crippen molar-refractivity contribution in [3.63, 3.8) is 0 Å². The molecule has 1 aliphatic carbocycles. The van der Waals surface area contributed by atoms with Gasteiger partial charge in [-0.25, -0.2) is 0 Å². The molecule has 1 saturated heterocycles. The highest BCUT2D eigenvalue weighted by Gasteiger charge is 2.26. The molecular weight excluding hydrogens is 328 g/mol. The predicted molar refractivity (Wildman–Crippen MR) is 99.5 cm³/mol. The van der Waals surface area contributed by atoms with Crippen LogP contribution >= 0.6 is 0 Å². The molecule has 0 atom stereocenters. The van der Waals surface area contributed by atoms with Gasteiger partial charge in [0.1, 0.15) is 0 Å². The average Bonchev–Trinajstić information content (AvgIpc) is 2.98. The number of nitrogens with zero attached hydrogens (tertiary/aromatic N) is 1. The predicted octanol–water partition coefficient (Wildman–Crippen LogP) is 2.35. The molecule has 5 heteroatoms. The van der Waals surface area contributed by atoms with Gasteiger partial charge in [0.15, 0.2) is 5.78 Å². The first kappa shape index (κ1) is 16.9. The average molecular weight is 350 g/mol. The lowest BCUT2D eigenvalue weighted by molar-refractivity contribution is 0.0374. The number of morpholine rings is 1. The maximum atomic E-state index is 12.6. The first-order valence-corrected chi connectivity index (χ1v) is 9.10. The van der Waals surface area contributed by atoms with E-state index in [1.54, 1.807) is 12.1 Å². The fourth-order valence-corrected chi connectivity index (χ4v) is 3.60. The highest BCUT2D eigenvalue weighted by Crippen LogP contribution is 2.36. The van der Waals surface area contributed by atoms with Gasteiger partial charge in [-0.05, 0) is 36.2 Å². The zero-order chi connectivity index (χ0) is 17.9. The number of amides is 1. The van der Waals surface area contributed by atoms with Crippen molar-refractivity contribution in [2.24, 2.45) is 0 Å². The highest BCUT2D eigenvalue weighted by atomic mass is 16.5. The highest BCUT2D eigenvalue weighted by molar-refractivity contribution is 6.22. The molecule has 0 saturated carbocycles. The van der Waals surface area contributed by atoms with Crippen molar-refractivity contribution in [3.8, 4) is 11.1 Å². The van der Waals surface area contributed by atoms with Crippen LogP contribution < -0.4 is 5.32 Å². The summed E-state index contributed by atoms with van der Waals surface area (Å²) in [5.74, 6) is -0.129. The Bertz CT molecular complexity index is 841. The maximum absolute atomic E-state index is 12.6. The Kier molecular flexibility index (Phi) is 4.82. The molecular formula is C21H22N2O3. The van der Waals surface area contributed by atoms with Crippen LogP contribution in [0.3, 0.4) is 0 Å². The molecule has 2 aromatic rings. The van der Waals surface area contributed by atoms with Gasteiger partial charge in [0.2, 0.25) is 0 Å². The summed E-state index contributed by atoms with van der Waals surface area (Å²) in [6.45, 7) is 5.09. The van der Waals surface area contributed by atoms with E-state index in [0.29, 0.717) is 23.2 Å². The molecule has 1 aliphatic heterocycles. The van der Waals surface area contributed by atoms with Crippen molar-refractivity contribution in [1.29, 1.82) is 0 Å². The molecule has 26 heavy (non-hydrogen) atoms. The van der Waals surface area contributed by atoms with Gasteiger partial charge in [0.25, 0.3) is 5.91 Å². The first-order valence-electron chi connectivity index (χ1n) is 9.10. The number of benzene rings is 2. The summed E-state index contributed by atoms with van der Waals surface area (Å²) in [4.78, 5) is 27.3. The van der Waals surface area contributed by atoms with Crippen LogP contribution in [0.1, 0.15) is 32.7 Å². The van der Waals surface area contributed by atoms with Gasteiger partial charge in [0.05, 0.1) is 13.2 Å². The lowest BCUT2D eigenvalue weighted by atomic mass is 10.0. The molecule has 0 aromatic heterocycles. The van der Waals surface area contributed by atoms with Crippen molar-refractivity contribution < 1.29 is 14.3 Å². The minimum absolute atomic E-state index is 0.00225.